The van der Waals surface area contributed by atoms with Crippen molar-refractivity contribution in [2.45, 2.75) is 26.1 Å². The number of hydrogen-bond donors (Lipinski definition) is 3. The Kier molecular flexibility index (Phi) is 4.55. The van der Waals surface area contributed by atoms with E-state index in [0.717, 1.165) is 5.06 Å². The van der Waals surface area contributed by atoms with Gasteiger partial charge in [-0.25, -0.2) is 0 Å². The predicted molar refractivity (Wildman–Crippen MR) is 36.7 cm³/mol. The Morgan fingerprint density at radius 2 is 1.40 bits per heavy atom. The molecule has 10 heavy (non-hydrogen) atoms. The van der Waals surface area contributed by atoms with Crippen LogP contribution in [0.1, 0.15) is 13.8 Å². The van der Waals surface area contributed by atoms with Crippen LogP contribution in [-0.4, -0.2) is 45.8 Å². The predicted octanol–water partition coefficient (Wildman–Crippen LogP) is -0.561. The summed E-state index contributed by atoms with van der Waals surface area (Å²) in [7, 11) is 0. The van der Waals surface area contributed by atoms with E-state index in [2.05, 4.69) is 0 Å². The van der Waals surface area contributed by atoms with Gasteiger partial charge in [0.2, 0.25) is 0 Å². The summed E-state index contributed by atoms with van der Waals surface area (Å²) in [6.07, 6.45) is -1.13. The van der Waals surface area contributed by atoms with Crippen molar-refractivity contribution in [1.82, 2.24) is 5.06 Å². The van der Waals surface area contributed by atoms with E-state index in [9.17, 15) is 0 Å². The number of aliphatic hydroxyl groups is 2. The van der Waals surface area contributed by atoms with Crippen molar-refractivity contribution in [3.05, 3.63) is 0 Å². The van der Waals surface area contributed by atoms with Gasteiger partial charge in [0.1, 0.15) is 0 Å². The van der Waals surface area contributed by atoms with Crippen LogP contribution in [0.15, 0.2) is 0 Å². The zero-order valence-corrected chi connectivity index (χ0v) is 6.36. The van der Waals surface area contributed by atoms with E-state index in [1.54, 1.807) is 13.8 Å². The molecule has 0 aliphatic rings. The van der Waals surface area contributed by atoms with Gasteiger partial charge in [-0.2, -0.15) is 5.06 Å². The molecule has 0 aromatic rings. The molecule has 3 N–H and O–H groups in total. The summed E-state index contributed by atoms with van der Waals surface area (Å²) in [5.41, 5.74) is 0. The Labute approximate surface area is 60.7 Å². The lowest BCUT2D eigenvalue weighted by atomic mass is 10.3. The second-order valence-electron chi connectivity index (χ2n) is 2.57. The Balaban J connectivity index is 3.34. The molecule has 0 aromatic carbocycles. The quantitative estimate of drug-likeness (QED) is 0.469. The Morgan fingerprint density at radius 1 is 1.10 bits per heavy atom. The maximum Gasteiger partial charge on any atom is 0.0662 e. The third kappa shape index (κ3) is 5.97. The molecule has 0 heterocycles. The van der Waals surface area contributed by atoms with E-state index in [1.807, 2.05) is 0 Å². The average molecular weight is 149 g/mol. The molecular formula is C6H15NO3. The molecule has 0 saturated heterocycles. The van der Waals surface area contributed by atoms with E-state index >= 15 is 0 Å². The molecule has 0 rings (SSSR count). The molecule has 0 spiro atoms. The van der Waals surface area contributed by atoms with Crippen molar-refractivity contribution in [3.8, 4) is 0 Å². The van der Waals surface area contributed by atoms with Gasteiger partial charge in [-0.3, -0.25) is 0 Å². The highest BCUT2D eigenvalue weighted by atomic mass is 16.5. The molecular weight excluding hydrogens is 134 g/mol. The Bertz CT molecular complexity index is 75.1. The number of nitrogens with zero attached hydrogens (tertiary/aromatic N) is 1. The van der Waals surface area contributed by atoms with Crippen molar-refractivity contribution in [2.75, 3.05) is 13.1 Å². The Hall–Kier alpha value is -0.160. The normalized spacial score (nSPS) is 17.4. The molecule has 0 radical (unpaired) electrons. The molecule has 0 bridgehead atoms. The van der Waals surface area contributed by atoms with Gasteiger partial charge in [-0.1, -0.05) is 0 Å². The minimum Gasteiger partial charge on any atom is -0.392 e. The lowest BCUT2D eigenvalue weighted by Crippen LogP contribution is -2.33. The molecule has 0 aliphatic carbocycles. The summed E-state index contributed by atoms with van der Waals surface area (Å²) in [5.74, 6) is 0. The van der Waals surface area contributed by atoms with Crippen LogP contribution in [0.4, 0.5) is 0 Å². The van der Waals surface area contributed by atoms with Gasteiger partial charge in [0, 0.05) is 13.1 Å². The third-order valence-corrected chi connectivity index (χ3v) is 0.950. The molecule has 0 fully saturated rings. The summed E-state index contributed by atoms with van der Waals surface area (Å²) in [6.45, 7) is 3.49. The van der Waals surface area contributed by atoms with Gasteiger partial charge in [0.25, 0.3) is 0 Å². The summed E-state index contributed by atoms with van der Waals surface area (Å²) < 4.78 is 0. The molecule has 0 aliphatic heterocycles. The van der Waals surface area contributed by atoms with E-state index in [4.69, 9.17) is 15.4 Å². The topological polar surface area (TPSA) is 63.9 Å². The first-order chi connectivity index (χ1) is 4.52. The van der Waals surface area contributed by atoms with Crippen LogP contribution in [0.3, 0.4) is 0 Å². The average Bonchev–Trinajstić information content (AvgIpc) is 1.58. The zero-order chi connectivity index (χ0) is 8.15. The number of aliphatic hydroxyl groups excluding tert-OH is 2. The summed E-state index contributed by atoms with van der Waals surface area (Å²) in [5, 5.41) is 27.3. The van der Waals surface area contributed by atoms with Gasteiger partial charge in [-0.05, 0) is 13.8 Å². The smallest absolute Gasteiger partial charge is 0.0662 e. The van der Waals surface area contributed by atoms with Gasteiger partial charge < -0.3 is 15.4 Å². The summed E-state index contributed by atoms with van der Waals surface area (Å²) >= 11 is 0. The first kappa shape index (κ1) is 9.84. The summed E-state index contributed by atoms with van der Waals surface area (Å²) in [6, 6.07) is 0. The van der Waals surface area contributed by atoms with E-state index < -0.39 is 12.2 Å². The van der Waals surface area contributed by atoms with E-state index in [1.165, 1.54) is 0 Å². The molecule has 0 aromatic heterocycles. The van der Waals surface area contributed by atoms with Gasteiger partial charge in [0.15, 0.2) is 0 Å². The molecule has 0 unspecified atom stereocenters. The molecule has 2 atom stereocenters. The first-order valence-electron chi connectivity index (χ1n) is 3.32. The SMILES string of the molecule is C[C@H](O)CN(O)C[C@@H](C)O. The van der Waals surface area contributed by atoms with Crippen LogP contribution in [0.25, 0.3) is 0 Å². The van der Waals surface area contributed by atoms with Crippen LogP contribution in [0.2, 0.25) is 0 Å². The fourth-order valence-electron chi connectivity index (χ4n) is 0.685. The van der Waals surface area contributed by atoms with Crippen molar-refractivity contribution in [2.24, 2.45) is 0 Å². The van der Waals surface area contributed by atoms with Crippen molar-refractivity contribution >= 4 is 0 Å². The summed E-state index contributed by atoms with van der Waals surface area (Å²) in [4.78, 5) is 0. The van der Waals surface area contributed by atoms with Crippen molar-refractivity contribution in [3.63, 3.8) is 0 Å². The highest BCUT2D eigenvalue weighted by Gasteiger charge is 2.06. The monoisotopic (exact) mass is 149 g/mol. The minimum absolute atomic E-state index is 0.172. The van der Waals surface area contributed by atoms with Gasteiger partial charge in [-0.15, -0.1) is 0 Å². The maximum atomic E-state index is 8.90. The maximum absolute atomic E-state index is 8.90. The van der Waals surface area contributed by atoms with Crippen LogP contribution < -0.4 is 0 Å². The lowest BCUT2D eigenvalue weighted by molar-refractivity contribution is -0.127. The molecule has 62 valence electrons. The van der Waals surface area contributed by atoms with Gasteiger partial charge in [0.05, 0.1) is 12.2 Å². The van der Waals surface area contributed by atoms with Crippen LogP contribution >= 0.6 is 0 Å². The number of rotatable bonds is 4. The second kappa shape index (κ2) is 4.62. The zero-order valence-electron chi connectivity index (χ0n) is 6.36. The van der Waals surface area contributed by atoms with E-state index in [0.29, 0.717) is 0 Å². The largest absolute Gasteiger partial charge is 0.392 e. The van der Waals surface area contributed by atoms with Crippen LogP contribution in [0, 0.1) is 0 Å². The number of hydrogen-bond acceptors (Lipinski definition) is 4. The molecule has 4 heteroatoms. The van der Waals surface area contributed by atoms with Gasteiger partial charge >= 0.3 is 0 Å². The highest BCUT2D eigenvalue weighted by molar-refractivity contribution is 4.54. The number of hydroxylamine groups is 2. The lowest BCUT2D eigenvalue weighted by Gasteiger charge is -2.17. The fourth-order valence-corrected chi connectivity index (χ4v) is 0.685. The first-order valence-corrected chi connectivity index (χ1v) is 3.32. The standard InChI is InChI=1S/C6H15NO3/c1-5(8)3-7(10)4-6(2)9/h5-6,8-10H,3-4H2,1-2H3/t5-,6+. The molecule has 0 saturated carbocycles. The molecule has 4 nitrogen and oxygen atoms in total. The minimum atomic E-state index is -0.566. The third-order valence-electron chi connectivity index (χ3n) is 0.950. The van der Waals surface area contributed by atoms with E-state index in [-0.39, 0.29) is 13.1 Å². The highest BCUT2D eigenvalue weighted by Crippen LogP contribution is 1.89. The Morgan fingerprint density at radius 3 is 1.60 bits per heavy atom. The molecule has 0 amide bonds. The fraction of sp³-hybridized carbons (Fsp3) is 1.00. The van der Waals surface area contributed by atoms with Crippen LogP contribution in [0.5, 0.6) is 0 Å². The van der Waals surface area contributed by atoms with Crippen molar-refractivity contribution < 1.29 is 15.4 Å². The second-order valence-corrected chi connectivity index (χ2v) is 2.57. The van der Waals surface area contributed by atoms with Crippen LogP contribution in [-0.2, 0) is 0 Å². The van der Waals surface area contributed by atoms with Crippen molar-refractivity contribution in [1.29, 1.82) is 0 Å².